The van der Waals surface area contributed by atoms with Crippen molar-refractivity contribution in [3.05, 3.63) is 21.6 Å². The second-order valence-electron chi connectivity index (χ2n) is 4.17. The number of carbonyl (C=O) groups is 1. The topological polar surface area (TPSA) is 29.5 Å². The van der Waals surface area contributed by atoms with E-state index in [2.05, 4.69) is 15.9 Å². The van der Waals surface area contributed by atoms with E-state index in [4.69, 9.17) is 27.9 Å². The van der Waals surface area contributed by atoms with Crippen molar-refractivity contribution in [1.29, 1.82) is 0 Å². The highest BCUT2D eigenvalue weighted by Gasteiger charge is 2.32. The predicted octanol–water partition coefficient (Wildman–Crippen LogP) is 3.70. The van der Waals surface area contributed by atoms with Crippen molar-refractivity contribution in [1.82, 2.24) is 0 Å². The summed E-state index contributed by atoms with van der Waals surface area (Å²) in [5, 5.41) is 0.555. The summed E-state index contributed by atoms with van der Waals surface area (Å²) in [5.74, 6) is 1.32. The molecule has 1 unspecified atom stereocenters. The summed E-state index contributed by atoms with van der Waals surface area (Å²) >= 11 is 15.2. The maximum absolute atomic E-state index is 12.0. The molecule has 1 saturated heterocycles. The largest absolute Gasteiger partial charge is 0.493 e. The smallest absolute Gasteiger partial charge is 0.227 e. The number of rotatable bonds is 3. The van der Waals surface area contributed by atoms with Crippen molar-refractivity contribution in [2.24, 2.45) is 5.92 Å². The first-order valence-electron chi connectivity index (χ1n) is 5.46. The predicted molar refractivity (Wildman–Crippen MR) is 76.9 cm³/mol. The van der Waals surface area contributed by atoms with Gasteiger partial charge in [0.2, 0.25) is 5.91 Å². The molecule has 1 aromatic carbocycles. The van der Waals surface area contributed by atoms with E-state index in [1.165, 1.54) is 0 Å². The fraction of sp³-hybridized carbons (Fsp3) is 0.417. The monoisotopic (exact) mass is 351 g/mol. The van der Waals surface area contributed by atoms with Gasteiger partial charge in [0.25, 0.3) is 0 Å². The third kappa shape index (κ3) is 2.60. The van der Waals surface area contributed by atoms with Gasteiger partial charge in [-0.2, -0.15) is 0 Å². The van der Waals surface area contributed by atoms with E-state index in [1.54, 1.807) is 24.1 Å². The molecule has 1 heterocycles. The first-order valence-corrected chi connectivity index (χ1v) is 7.16. The number of hydrogen-bond donors (Lipinski definition) is 0. The number of amides is 1. The fourth-order valence-electron chi connectivity index (χ4n) is 2.07. The maximum Gasteiger partial charge on any atom is 0.227 e. The van der Waals surface area contributed by atoms with Gasteiger partial charge in [0, 0.05) is 23.9 Å². The molecule has 6 heteroatoms. The van der Waals surface area contributed by atoms with Gasteiger partial charge in [0.15, 0.2) is 5.75 Å². The van der Waals surface area contributed by atoms with Crippen molar-refractivity contribution in [3.63, 3.8) is 0 Å². The number of halogens is 3. The summed E-state index contributed by atoms with van der Waals surface area (Å²) in [7, 11) is 1.57. The molecule has 0 radical (unpaired) electrons. The highest BCUT2D eigenvalue weighted by molar-refractivity contribution is 9.10. The molecule has 1 amide bonds. The van der Waals surface area contributed by atoms with Crippen LogP contribution < -0.4 is 9.64 Å². The molecule has 0 bridgehead atoms. The number of methoxy groups -OCH3 is 1. The average Bonchev–Trinajstić information content (AvgIpc) is 2.69. The van der Waals surface area contributed by atoms with E-state index in [-0.39, 0.29) is 11.8 Å². The molecule has 0 saturated carbocycles. The molecule has 1 atom stereocenters. The zero-order valence-corrected chi connectivity index (χ0v) is 12.8. The molecular weight excluding hydrogens is 341 g/mol. The van der Waals surface area contributed by atoms with E-state index in [0.29, 0.717) is 35.3 Å². The van der Waals surface area contributed by atoms with Gasteiger partial charge in [-0.15, -0.1) is 11.6 Å². The van der Waals surface area contributed by atoms with Crippen LogP contribution in [0.25, 0.3) is 0 Å². The highest BCUT2D eigenvalue weighted by atomic mass is 79.9. The Morgan fingerprint density at radius 2 is 2.28 bits per heavy atom. The molecule has 0 aromatic heterocycles. The maximum atomic E-state index is 12.0. The van der Waals surface area contributed by atoms with E-state index in [0.717, 1.165) is 4.47 Å². The van der Waals surface area contributed by atoms with Gasteiger partial charge in [0.05, 0.1) is 17.3 Å². The van der Waals surface area contributed by atoms with Crippen LogP contribution in [0.2, 0.25) is 5.02 Å². The van der Waals surface area contributed by atoms with Crippen LogP contribution in [0.1, 0.15) is 6.42 Å². The number of carbonyl (C=O) groups excluding carboxylic acids is 1. The van der Waals surface area contributed by atoms with Gasteiger partial charge < -0.3 is 9.64 Å². The van der Waals surface area contributed by atoms with Crippen LogP contribution in [0, 0.1) is 5.92 Å². The minimum absolute atomic E-state index is 0.0492. The minimum atomic E-state index is 0.0492. The van der Waals surface area contributed by atoms with Crippen molar-refractivity contribution in [2.45, 2.75) is 6.42 Å². The number of benzene rings is 1. The summed E-state index contributed by atoms with van der Waals surface area (Å²) in [6.07, 6.45) is 0.469. The molecule has 3 nitrogen and oxygen atoms in total. The Morgan fingerprint density at radius 1 is 1.56 bits per heavy atom. The van der Waals surface area contributed by atoms with E-state index >= 15 is 0 Å². The normalized spacial score (nSPS) is 19.4. The van der Waals surface area contributed by atoms with Crippen molar-refractivity contribution in [2.75, 3.05) is 24.4 Å². The first kappa shape index (κ1) is 14.0. The summed E-state index contributed by atoms with van der Waals surface area (Å²) < 4.78 is 6.06. The van der Waals surface area contributed by atoms with Gasteiger partial charge in [-0.25, -0.2) is 0 Å². The van der Waals surface area contributed by atoms with Gasteiger partial charge in [0.1, 0.15) is 0 Å². The number of ether oxygens (including phenoxy) is 1. The summed E-state index contributed by atoms with van der Waals surface area (Å²) in [5.41, 5.74) is 0.689. The zero-order valence-electron chi connectivity index (χ0n) is 9.75. The lowest BCUT2D eigenvalue weighted by Crippen LogP contribution is -2.25. The van der Waals surface area contributed by atoms with Crippen molar-refractivity contribution >= 4 is 50.7 Å². The Morgan fingerprint density at radius 3 is 2.83 bits per heavy atom. The van der Waals surface area contributed by atoms with Crippen LogP contribution in [-0.4, -0.2) is 25.4 Å². The molecule has 0 aliphatic carbocycles. The van der Waals surface area contributed by atoms with E-state index in [9.17, 15) is 4.79 Å². The second-order valence-corrected chi connectivity index (χ2v) is 5.77. The van der Waals surface area contributed by atoms with Crippen LogP contribution in [0.3, 0.4) is 0 Å². The Bertz CT molecular complexity index is 481. The van der Waals surface area contributed by atoms with Crippen LogP contribution >= 0.6 is 39.1 Å². The fourth-order valence-corrected chi connectivity index (χ4v) is 3.23. The summed E-state index contributed by atoms with van der Waals surface area (Å²) in [6, 6.07) is 3.48. The Labute approximate surface area is 124 Å². The summed E-state index contributed by atoms with van der Waals surface area (Å²) in [6.45, 7) is 0.603. The molecule has 0 N–H and O–H groups in total. The zero-order chi connectivity index (χ0) is 13.3. The lowest BCUT2D eigenvalue weighted by atomic mass is 10.1. The molecule has 18 heavy (non-hydrogen) atoms. The molecular formula is C12H12BrCl2NO2. The lowest BCUT2D eigenvalue weighted by molar-refractivity contribution is -0.117. The number of hydrogen-bond acceptors (Lipinski definition) is 2. The second kappa shape index (κ2) is 5.68. The van der Waals surface area contributed by atoms with Crippen LogP contribution in [0.4, 0.5) is 5.69 Å². The third-order valence-electron chi connectivity index (χ3n) is 2.91. The van der Waals surface area contributed by atoms with Crippen molar-refractivity contribution in [3.8, 4) is 5.75 Å². The van der Waals surface area contributed by atoms with Gasteiger partial charge in [-0.05, 0) is 34.0 Å². The third-order valence-corrected chi connectivity index (χ3v) is 4.15. The molecule has 98 valence electrons. The minimum Gasteiger partial charge on any atom is -0.493 e. The Kier molecular flexibility index (Phi) is 4.41. The molecule has 0 spiro atoms. The van der Waals surface area contributed by atoms with Gasteiger partial charge in [-0.1, -0.05) is 11.6 Å². The van der Waals surface area contributed by atoms with Gasteiger partial charge in [-0.3, -0.25) is 4.79 Å². The molecule has 1 aromatic rings. The highest BCUT2D eigenvalue weighted by Crippen LogP contribution is 2.40. The first-order chi connectivity index (χ1) is 8.56. The standard InChI is InChI=1S/C12H12BrCl2NO2/c1-18-12-9(13)3-8(15)4-10(12)16-6-7(5-14)2-11(16)17/h3-4,7H,2,5-6H2,1H3. The van der Waals surface area contributed by atoms with Gasteiger partial charge >= 0.3 is 0 Å². The number of alkyl halides is 1. The van der Waals surface area contributed by atoms with Crippen LogP contribution in [0.15, 0.2) is 16.6 Å². The number of anilines is 1. The molecule has 1 aliphatic heterocycles. The Balaban J connectivity index is 2.41. The Hall–Kier alpha value is -0.450. The molecule has 1 aliphatic rings. The molecule has 1 fully saturated rings. The average molecular weight is 353 g/mol. The van der Waals surface area contributed by atoms with Crippen LogP contribution in [0.5, 0.6) is 5.75 Å². The lowest BCUT2D eigenvalue weighted by Gasteiger charge is -2.20. The van der Waals surface area contributed by atoms with Crippen molar-refractivity contribution < 1.29 is 9.53 Å². The van der Waals surface area contributed by atoms with Crippen LogP contribution in [-0.2, 0) is 4.79 Å². The quantitative estimate of drug-likeness (QED) is 0.776. The SMILES string of the molecule is COc1c(Br)cc(Cl)cc1N1CC(CCl)CC1=O. The number of nitrogens with zero attached hydrogens (tertiary/aromatic N) is 1. The van der Waals surface area contributed by atoms with E-state index < -0.39 is 0 Å². The molecule has 2 rings (SSSR count). The van der Waals surface area contributed by atoms with E-state index in [1.807, 2.05) is 0 Å². The summed E-state index contributed by atoms with van der Waals surface area (Å²) in [4.78, 5) is 13.7.